The Hall–Kier alpha value is -2.02. The van der Waals surface area contributed by atoms with Gasteiger partial charge in [-0.3, -0.25) is 0 Å². The van der Waals surface area contributed by atoms with Crippen molar-refractivity contribution in [2.24, 2.45) is 0 Å². The molecule has 0 spiro atoms. The molecule has 0 bridgehead atoms. The average molecular weight is 340 g/mol. The van der Waals surface area contributed by atoms with Crippen LogP contribution in [0.4, 0.5) is 8.78 Å². The van der Waals surface area contributed by atoms with Gasteiger partial charge in [0.25, 0.3) is 0 Å². The molecule has 2 N–H and O–H groups in total. The first kappa shape index (κ1) is 17.3. The summed E-state index contributed by atoms with van der Waals surface area (Å²) < 4.78 is 32.4. The smallest absolute Gasteiger partial charge is 0.338 e. The predicted molar refractivity (Wildman–Crippen MR) is 86.5 cm³/mol. The molecule has 1 aliphatic rings. The molecular formula is C16H18F2N2O2S. The molecule has 1 atom stereocenters. The molecule has 0 radical (unpaired) electrons. The Kier molecular flexibility index (Phi) is 5.65. The second kappa shape index (κ2) is 7.50. The topological polar surface area (TPSA) is 50.4 Å². The fourth-order valence-electron chi connectivity index (χ4n) is 2.48. The summed E-state index contributed by atoms with van der Waals surface area (Å²) in [5.41, 5.74) is 1.02. The Morgan fingerprint density at radius 1 is 1.35 bits per heavy atom. The number of rotatable bonds is 5. The van der Waals surface area contributed by atoms with Crippen molar-refractivity contribution in [2.75, 3.05) is 6.61 Å². The van der Waals surface area contributed by atoms with Gasteiger partial charge in [-0.1, -0.05) is 19.4 Å². The van der Waals surface area contributed by atoms with Crippen LogP contribution in [0.5, 0.6) is 0 Å². The van der Waals surface area contributed by atoms with E-state index in [1.165, 1.54) is 6.07 Å². The van der Waals surface area contributed by atoms with E-state index in [-0.39, 0.29) is 22.9 Å². The zero-order chi connectivity index (χ0) is 17.0. The van der Waals surface area contributed by atoms with Gasteiger partial charge in [-0.05, 0) is 31.6 Å². The van der Waals surface area contributed by atoms with Crippen molar-refractivity contribution in [3.8, 4) is 0 Å². The van der Waals surface area contributed by atoms with Crippen LogP contribution in [0.1, 0.15) is 38.3 Å². The maximum Gasteiger partial charge on any atom is 0.338 e. The molecular weight excluding hydrogens is 322 g/mol. The second-order valence-electron chi connectivity index (χ2n) is 5.06. The lowest BCUT2D eigenvalue weighted by Gasteiger charge is -2.31. The van der Waals surface area contributed by atoms with Gasteiger partial charge >= 0.3 is 5.97 Å². The summed E-state index contributed by atoms with van der Waals surface area (Å²) in [7, 11) is 0. The van der Waals surface area contributed by atoms with E-state index in [4.69, 9.17) is 17.0 Å². The Morgan fingerprint density at radius 3 is 2.70 bits per heavy atom. The molecule has 0 aliphatic carbocycles. The molecule has 124 valence electrons. The predicted octanol–water partition coefficient (Wildman–Crippen LogP) is 3.10. The molecule has 23 heavy (non-hydrogen) atoms. The van der Waals surface area contributed by atoms with E-state index < -0.39 is 23.6 Å². The molecule has 2 rings (SSSR count). The molecule has 1 aliphatic heterocycles. The van der Waals surface area contributed by atoms with Crippen LogP contribution >= 0.6 is 12.2 Å². The zero-order valence-corrected chi connectivity index (χ0v) is 13.7. The number of ether oxygens (including phenoxy) is 1. The Morgan fingerprint density at radius 2 is 2.09 bits per heavy atom. The highest BCUT2D eigenvalue weighted by Crippen LogP contribution is 2.31. The first-order valence-electron chi connectivity index (χ1n) is 7.40. The summed E-state index contributed by atoms with van der Waals surface area (Å²) in [6.45, 7) is 3.85. The first-order valence-corrected chi connectivity index (χ1v) is 7.81. The quantitative estimate of drug-likeness (QED) is 0.637. The number of benzene rings is 1. The van der Waals surface area contributed by atoms with Gasteiger partial charge in [0.1, 0.15) is 11.6 Å². The van der Waals surface area contributed by atoms with Gasteiger partial charge in [-0.2, -0.15) is 0 Å². The van der Waals surface area contributed by atoms with Crippen LogP contribution in [0.2, 0.25) is 0 Å². The number of hydrogen-bond acceptors (Lipinski definition) is 3. The van der Waals surface area contributed by atoms with Crippen LogP contribution in [-0.4, -0.2) is 17.7 Å². The van der Waals surface area contributed by atoms with Gasteiger partial charge in [0.15, 0.2) is 5.11 Å². The molecule has 1 unspecified atom stereocenters. The van der Waals surface area contributed by atoms with Crippen molar-refractivity contribution in [3.63, 3.8) is 0 Å². The second-order valence-corrected chi connectivity index (χ2v) is 5.47. The number of thiocarbonyl (C=S) groups is 1. The lowest BCUT2D eigenvalue weighted by molar-refractivity contribution is -0.139. The molecule has 1 aromatic rings. The van der Waals surface area contributed by atoms with Gasteiger partial charge in [0.2, 0.25) is 0 Å². The minimum atomic E-state index is -0.815. The molecule has 7 heteroatoms. The third-order valence-corrected chi connectivity index (χ3v) is 3.64. The Balaban J connectivity index is 2.54. The van der Waals surface area contributed by atoms with Crippen molar-refractivity contribution >= 4 is 23.3 Å². The van der Waals surface area contributed by atoms with Crippen LogP contribution in [-0.2, 0) is 9.53 Å². The van der Waals surface area contributed by atoms with E-state index >= 15 is 0 Å². The number of allylic oxidation sites excluding steroid dienone is 1. The minimum absolute atomic E-state index is 0.145. The summed E-state index contributed by atoms with van der Waals surface area (Å²) in [5, 5.41) is 6.10. The van der Waals surface area contributed by atoms with Crippen molar-refractivity contribution in [2.45, 2.75) is 32.7 Å². The maximum absolute atomic E-state index is 14.2. The minimum Gasteiger partial charge on any atom is -0.463 e. The largest absolute Gasteiger partial charge is 0.463 e. The highest BCUT2D eigenvalue weighted by atomic mass is 32.1. The number of hydrogen-bond donors (Lipinski definition) is 2. The van der Waals surface area contributed by atoms with Crippen LogP contribution in [0, 0.1) is 11.6 Å². The highest BCUT2D eigenvalue weighted by Gasteiger charge is 2.33. The number of esters is 1. The van der Waals surface area contributed by atoms with Gasteiger partial charge in [0.05, 0.1) is 18.2 Å². The molecule has 4 nitrogen and oxygen atoms in total. The van der Waals surface area contributed by atoms with Crippen LogP contribution in [0.15, 0.2) is 29.5 Å². The molecule has 0 amide bonds. The standard InChI is InChI=1S/C16H18F2N2O2S/c1-3-5-12-13(15(21)22-4-2)14(20-16(23)19-12)10-7-6-9(17)8-11(10)18/h6-8,14H,3-5H2,1-2H3,(H2,19,20,23). The zero-order valence-electron chi connectivity index (χ0n) is 12.9. The summed E-state index contributed by atoms with van der Waals surface area (Å²) in [6.07, 6.45) is 1.34. The third-order valence-electron chi connectivity index (χ3n) is 3.42. The molecule has 0 fully saturated rings. The Labute approximate surface area is 138 Å². The monoisotopic (exact) mass is 340 g/mol. The normalized spacial score (nSPS) is 17.6. The maximum atomic E-state index is 14.2. The van der Waals surface area contributed by atoms with Gasteiger partial charge in [0, 0.05) is 17.3 Å². The molecule has 0 saturated heterocycles. The van der Waals surface area contributed by atoms with Crippen molar-refractivity contribution in [3.05, 3.63) is 46.7 Å². The SMILES string of the molecule is CCCC1=C(C(=O)OCC)C(c2ccc(F)cc2F)NC(=S)N1. The van der Waals surface area contributed by atoms with Crippen LogP contribution < -0.4 is 10.6 Å². The van der Waals surface area contributed by atoms with Gasteiger partial charge < -0.3 is 15.4 Å². The fourth-order valence-corrected chi connectivity index (χ4v) is 2.72. The number of carbonyl (C=O) groups excluding carboxylic acids is 1. The van der Waals surface area contributed by atoms with Crippen LogP contribution in [0.25, 0.3) is 0 Å². The first-order chi connectivity index (χ1) is 11.0. The Bertz CT molecular complexity index is 661. The summed E-state index contributed by atoms with van der Waals surface area (Å²) in [4.78, 5) is 12.4. The van der Waals surface area contributed by atoms with Crippen molar-refractivity contribution < 1.29 is 18.3 Å². The average Bonchev–Trinajstić information content (AvgIpc) is 2.47. The number of carbonyl (C=O) groups is 1. The molecule has 0 aromatic heterocycles. The van der Waals surface area contributed by atoms with Gasteiger partial charge in [-0.15, -0.1) is 0 Å². The molecule has 1 aromatic carbocycles. The summed E-state index contributed by atoms with van der Waals surface area (Å²) in [6, 6.07) is 2.42. The third kappa shape index (κ3) is 3.85. The lowest BCUT2D eigenvalue weighted by atomic mass is 9.93. The number of halogens is 2. The van der Waals surface area contributed by atoms with E-state index in [9.17, 15) is 13.6 Å². The van der Waals surface area contributed by atoms with Crippen molar-refractivity contribution in [1.29, 1.82) is 0 Å². The number of nitrogens with one attached hydrogen (secondary N) is 2. The lowest BCUT2D eigenvalue weighted by Crippen LogP contribution is -2.46. The van der Waals surface area contributed by atoms with E-state index in [0.29, 0.717) is 12.1 Å². The van der Waals surface area contributed by atoms with E-state index in [2.05, 4.69) is 10.6 Å². The highest BCUT2D eigenvalue weighted by molar-refractivity contribution is 7.80. The van der Waals surface area contributed by atoms with E-state index in [1.54, 1.807) is 6.92 Å². The van der Waals surface area contributed by atoms with Crippen LogP contribution in [0.3, 0.4) is 0 Å². The van der Waals surface area contributed by atoms with E-state index in [1.807, 2.05) is 6.92 Å². The molecule has 0 saturated carbocycles. The van der Waals surface area contributed by atoms with Gasteiger partial charge in [-0.25, -0.2) is 13.6 Å². The van der Waals surface area contributed by atoms with E-state index in [0.717, 1.165) is 18.6 Å². The van der Waals surface area contributed by atoms with Crippen molar-refractivity contribution in [1.82, 2.24) is 10.6 Å². The summed E-state index contributed by atoms with van der Waals surface area (Å²) in [5.74, 6) is -1.98. The summed E-state index contributed by atoms with van der Waals surface area (Å²) >= 11 is 5.14. The molecule has 1 heterocycles. The fraction of sp³-hybridized carbons (Fsp3) is 0.375.